The minimum Gasteiger partial charge on any atom is -0.369 e. The molecule has 24 heavy (non-hydrogen) atoms. The predicted octanol–water partition coefficient (Wildman–Crippen LogP) is 2.04. The Morgan fingerprint density at radius 1 is 1.25 bits per heavy atom. The monoisotopic (exact) mass is 342 g/mol. The zero-order valence-corrected chi connectivity index (χ0v) is 14.0. The zero-order valence-electron chi connectivity index (χ0n) is 13.2. The maximum atomic E-state index is 12.4. The molecule has 0 spiro atoms. The minimum absolute atomic E-state index is 0.110. The van der Waals surface area contributed by atoms with Gasteiger partial charge in [-0.2, -0.15) is 8.42 Å². The normalized spacial score (nSPS) is 18.0. The Labute approximate surface area is 140 Å². The summed E-state index contributed by atoms with van der Waals surface area (Å²) in [6.07, 6.45) is 3.68. The first kappa shape index (κ1) is 16.2. The number of hydrogen-bond donors (Lipinski definition) is 2. The smallest absolute Gasteiger partial charge is 0.285 e. The number of nitrogens with zero attached hydrogens (tertiary/aromatic N) is 2. The fraction of sp³-hybridized carbons (Fsp3) is 0.176. The van der Waals surface area contributed by atoms with Gasteiger partial charge < -0.3 is 11.1 Å². The summed E-state index contributed by atoms with van der Waals surface area (Å²) in [5.41, 5.74) is 6.60. The molecule has 3 N–H and O–H groups in total. The molecule has 1 aliphatic heterocycles. The first-order valence-electron chi connectivity index (χ1n) is 7.52. The molecule has 2 aromatic carbocycles. The topological polar surface area (TPSA) is 96.9 Å². The van der Waals surface area contributed by atoms with Crippen LogP contribution in [0.1, 0.15) is 6.92 Å². The summed E-state index contributed by atoms with van der Waals surface area (Å²) in [7, 11) is -3.87. The molecule has 3 rings (SSSR count). The van der Waals surface area contributed by atoms with Gasteiger partial charge in [0.05, 0.1) is 11.4 Å². The second-order valence-electron chi connectivity index (χ2n) is 5.56. The van der Waals surface area contributed by atoms with Gasteiger partial charge in [-0.1, -0.05) is 43.3 Å². The van der Waals surface area contributed by atoms with E-state index >= 15 is 0 Å². The molecule has 0 fully saturated rings. The quantitative estimate of drug-likeness (QED) is 0.656. The van der Waals surface area contributed by atoms with E-state index in [0.717, 1.165) is 16.5 Å². The van der Waals surface area contributed by atoms with Gasteiger partial charge in [0.2, 0.25) is 5.96 Å². The van der Waals surface area contributed by atoms with Crippen molar-refractivity contribution in [2.24, 2.45) is 21.0 Å². The van der Waals surface area contributed by atoms with Crippen LogP contribution in [0.25, 0.3) is 10.8 Å². The van der Waals surface area contributed by atoms with Crippen LogP contribution in [0, 0.1) is 5.92 Å². The number of benzene rings is 2. The highest BCUT2D eigenvalue weighted by Crippen LogP contribution is 2.20. The average Bonchev–Trinajstić information content (AvgIpc) is 2.97. The van der Waals surface area contributed by atoms with Gasteiger partial charge in [0.1, 0.15) is 0 Å². The highest BCUT2D eigenvalue weighted by atomic mass is 32.2. The van der Waals surface area contributed by atoms with Gasteiger partial charge >= 0.3 is 0 Å². The van der Waals surface area contributed by atoms with Crippen LogP contribution < -0.4 is 11.1 Å². The summed E-state index contributed by atoms with van der Waals surface area (Å²) in [5, 5.41) is 4.59. The fourth-order valence-electron chi connectivity index (χ4n) is 2.43. The van der Waals surface area contributed by atoms with Crippen LogP contribution in [0.5, 0.6) is 0 Å². The van der Waals surface area contributed by atoms with Crippen molar-refractivity contribution in [1.82, 2.24) is 5.32 Å². The van der Waals surface area contributed by atoms with Crippen molar-refractivity contribution < 1.29 is 8.42 Å². The summed E-state index contributed by atoms with van der Waals surface area (Å²) in [5.74, 6) is 0.0624. The molecule has 0 radical (unpaired) electrons. The van der Waals surface area contributed by atoms with Crippen LogP contribution in [0.2, 0.25) is 0 Å². The molecule has 0 saturated heterocycles. The molecule has 2 aromatic rings. The fourth-order valence-corrected chi connectivity index (χ4v) is 3.37. The van der Waals surface area contributed by atoms with Crippen molar-refractivity contribution >= 4 is 32.5 Å². The van der Waals surface area contributed by atoms with Crippen LogP contribution in [0.4, 0.5) is 0 Å². The van der Waals surface area contributed by atoms with Gasteiger partial charge in [0, 0.05) is 17.8 Å². The van der Waals surface area contributed by atoms with Gasteiger partial charge in [0.15, 0.2) is 0 Å². The Kier molecular flexibility index (Phi) is 4.35. The van der Waals surface area contributed by atoms with Crippen LogP contribution in [-0.4, -0.2) is 26.6 Å². The van der Waals surface area contributed by atoms with Crippen molar-refractivity contribution in [3.63, 3.8) is 0 Å². The van der Waals surface area contributed by atoms with Gasteiger partial charge in [-0.15, -0.1) is 4.40 Å². The van der Waals surface area contributed by atoms with E-state index in [-0.39, 0.29) is 16.8 Å². The van der Waals surface area contributed by atoms with E-state index in [2.05, 4.69) is 14.7 Å². The van der Waals surface area contributed by atoms with E-state index in [1.165, 1.54) is 6.07 Å². The van der Waals surface area contributed by atoms with E-state index in [1.54, 1.807) is 18.3 Å². The Hall–Kier alpha value is -2.67. The van der Waals surface area contributed by atoms with Crippen LogP contribution in [-0.2, 0) is 10.0 Å². The molecule has 1 atom stereocenters. The average molecular weight is 342 g/mol. The van der Waals surface area contributed by atoms with Crippen molar-refractivity contribution in [3.8, 4) is 0 Å². The number of guanidine groups is 1. The maximum Gasteiger partial charge on any atom is 0.285 e. The summed E-state index contributed by atoms with van der Waals surface area (Å²) in [4.78, 5) is 4.30. The van der Waals surface area contributed by atoms with E-state index in [9.17, 15) is 8.42 Å². The number of hydrogen-bond acceptors (Lipinski definition) is 3. The van der Waals surface area contributed by atoms with E-state index < -0.39 is 10.0 Å². The van der Waals surface area contributed by atoms with E-state index in [0.29, 0.717) is 6.54 Å². The number of aliphatic imine (C=N–C) groups is 1. The minimum atomic E-state index is -3.87. The molecule has 1 aliphatic rings. The molecule has 0 amide bonds. The van der Waals surface area contributed by atoms with Crippen LogP contribution >= 0.6 is 0 Å². The third-order valence-corrected chi connectivity index (χ3v) is 5.12. The highest BCUT2D eigenvalue weighted by Gasteiger charge is 2.15. The molecule has 0 bridgehead atoms. The van der Waals surface area contributed by atoms with Crippen LogP contribution in [0.15, 0.2) is 69.0 Å². The molecule has 1 heterocycles. The lowest BCUT2D eigenvalue weighted by Gasteiger charge is -2.09. The number of nitrogens with one attached hydrogen (secondary N) is 1. The lowest BCUT2D eigenvalue weighted by atomic mass is 10.1. The number of allylic oxidation sites excluding steroid dienone is 1. The molecule has 0 aromatic heterocycles. The van der Waals surface area contributed by atoms with Crippen molar-refractivity contribution in [2.45, 2.75) is 11.8 Å². The second-order valence-corrected chi connectivity index (χ2v) is 7.17. The van der Waals surface area contributed by atoms with Gasteiger partial charge in [0.25, 0.3) is 10.0 Å². The standard InChI is InChI=1S/C17H18N4O2S/c1-12-8-9-19-16(12)11-20-17(18)21-24(22,23)15-7-6-13-4-2-3-5-14(13)10-15/h2-10,12H,11H2,1H3,(H3,18,20,21). The number of rotatable bonds is 4. The number of nitrogens with two attached hydrogens (primary N) is 1. The molecule has 0 saturated carbocycles. The Morgan fingerprint density at radius 3 is 2.71 bits per heavy atom. The largest absolute Gasteiger partial charge is 0.369 e. The zero-order chi connectivity index (χ0) is 17.2. The molecule has 124 valence electrons. The van der Waals surface area contributed by atoms with E-state index in [1.807, 2.05) is 37.3 Å². The maximum absolute atomic E-state index is 12.4. The SMILES string of the molecule is CC1C=CN=C1CN/C(N)=N/S(=O)(=O)c1ccc2ccccc2c1. The Balaban J connectivity index is 1.78. The lowest BCUT2D eigenvalue weighted by Crippen LogP contribution is -2.37. The Bertz CT molecular complexity index is 961. The summed E-state index contributed by atoms with van der Waals surface area (Å²) in [6.45, 7) is 2.36. The van der Waals surface area contributed by atoms with Gasteiger partial charge in [-0.05, 0) is 22.9 Å². The summed E-state index contributed by atoms with van der Waals surface area (Å²) < 4.78 is 28.4. The summed E-state index contributed by atoms with van der Waals surface area (Å²) in [6, 6.07) is 12.4. The van der Waals surface area contributed by atoms with Crippen molar-refractivity contribution in [1.29, 1.82) is 0 Å². The third kappa shape index (κ3) is 3.46. The molecule has 1 unspecified atom stereocenters. The second kappa shape index (κ2) is 6.45. The third-order valence-electron chi connectivity index (χ3n) is 3.83. The first-order valence-corrected chi connectivity index (χ1v) is 8.96. The lowest BCUT2D eigenvalue weighted by molar-refractivity contribution is 0.598. The number of sulfonamides is 1. The summed E-state index contributed by atoms with van der Waals surface area (Å²) >= 11 is 0. The molecule has 6 nitrogen and oxygen atoms in total. The van der Waals surface area contributed by atoms with Crippen molar-refractivity contribution in [2.75, 3.05) is 6.54 Å². The number of fused-ring (bicyclic) bond motifs is 1. The molecular formula is C17H18N4O2S. The molecular weight excluding hydrogens is 324 g/mol. The Morgan fingerprint density at radius 2 is 2.00 bits per heavy atom. The predicted molar refractivity (Wildman–Crippen MR) is 96.5 cm³/mol. The molecule has 0 aliphatic carbocycles. The van der Waals surface area contributed by atoms with Gasteiger partial charge in [-0.3, -0.25) is 4.99 Å². The highest BCUT2D eigenvalue weighted by molar-refractivity contribution is 7.90. The molecule has 7 heteroatoms. The van der Waals surface area contributed by atoms with Gasteiger partial charge in [-0.25, -0.2) is 0 Å². The van der Waals surface area contributed by atoms with Crippen LogP contribution in [0.3, 0.4) is 0 Å². The van der Waals surface area contributed by atoms with E-state index in [4.69, 9.17) is 5.73 Å². The first-order chi connectivity index (χ1) is 11.5. The van der Waals surface area contributed by atoms with Crippen molar-refractivity contribution in [3.05, 3.63) is 54.7 Å².